The second-order valence-corrected chi connectivity index (χ2v) is 5.99. The summed E-state index contributed by atoms with van der Waals surface area (Å²) >= 11 is 0. The summed E-state index contributed by atoms with van der Waals surface area (Å²) in [6.07, 6.45) is 0. The van der Waals surface area contributed by atoms with Gasteiger partial charge in [0.2, 0.25) is 0 Å². The van der Waals surface area contributed by atoms with Gasteiger partial charge in [0.1, 0.15) is 5.60 Å². The predicted molar refractivity (Wildman–Crippen MR) is 72.3 cm³/mol. The first-order chi connectivity index (χ1) is 8.87. The Morgan fingerprint density at radius 3 is 2.63 bits per heavy atom. The molecule has 1 aliphatic heterocycles. The molecule has 0 aromatic heterocycles. The Labute approximate surface area is 114 Å². The second-order valence-electron chi connectivity index (χ2n) is 5.99. The van der Waals surface area contributed by atoms with Gasteiger partial charge in [-0.2, -0.15) is 0 Å². The van der Waals surface area contributed by atoms with Gasteiger partial charge in [-0.3, -0.25) is 9.69 Å². The zero-order chi connectivity index (χ0) is 14.0. The molecule has 0 bridgehead atoms. The van der Waals surface area contributed by atoms with Crippen molar-refractivity contribution in [3.05, 3.63) is 34.9 Å². The third-order valence-electron chi connectivity index (χ3n) is 3.01. The topological polar surface area (TPSA) is 49.8 Å². The number of aliphatic hydroxyl groups is 1. The maximum Gasteiger partial charge on any atom is 0.320 e. The lowest BCUT2D eigenvalue weighted by molar-refractivity contribution is -0.156. The van der Waals surface area contributed by atoms with Crippen LogP contribution in [0.3, 0.4) is 0 Å². The van der Waals surface area contributed by atoms with Crippen LogP contribution in [-0.4, -0.2) is 28.1 Å². The molecule has 1 heterocycles. The van der Waals surface area contributed by atoms with Crippen molar-refractivity contribution in [3.63, 3.8) is 0 Å². The monoisotopic (exact) mass is 263 g/mol. The van der Waals surface area contributed by atoms with Crippen molar-refractivity contribution in [2.24, 2.45) is 0 Å². The molecule has 0 unspecified atom stereocenters. The van der Waals surface area contributed by atoms with Gasteiger partial charge < -0.3 is 9.84 Å². The fraction of sp³-hybridized carbons (Fsp3) is 0.533. The van der Waals surface area contributed by atoms with Crippen LogP contribution in [0.25, 0.3) is 0 Å². The van der Waals surface area contributed by atoms with Gasteiger partial charge in [-0.15, -0.1) is 0 Å². The molecule has 0 spiro atoms. The van der Waals surface area contributed by atoms with Crippen LogP contribution >= 0.6 is 0 Å². The molecule has 0 radical (unpaired) electrons. The summed E-state index contributed by atoms with van der Waals surface area (Å²) in [5.74, 6) is -0.192. The van der Waals surface area contributed by atoms with E-state index in [2.05, 4.69) is 4.90 Å². The van der Waals surface area contributed by atoms with Gasteiger partial charge in [-0.25, -0.2) is 0 Å². The van der Waals surface area contributed by atoms with Gasteiger partial charge in [0.25, 0.3) is 0 Å². The van der Waals surface area contributed by atoms with Gasteiger partial charge in [-0.05, 0) is 37.5 Å². The highest BCUT2D eigenvalue weighted by Crippen LogP contribution is 2.24. The van der Waals surface area contributed by atoms with Crippen molar-refractivity contribution in [2.75, 3.05) is 6.54 Å². The van der Waals surface area contributed by atoms with E-state index >= 15 is 0 Å². The maximum atomic E-state index is 11.8. The summed E-state index contributed by atoms with van der Waals surface area (Å²) in [7, 11) is 0. The molecule has 104 valence electrons. The highest BCUT2D eigenvalue weighted by Gasteiger charge is 2.24. The Bertz CT molecular complexity index is 477. The summed E-state index contributed by atoms with van der Waals surface area (Å²) in [5, 5.41) is 9.12. The summed E-state index contributed by atoms with van der Waals surface area (Å²) in [6, 6.07) is 5.95. The highest BCUT2D eigenvalue weighted by atomic mass is 16.6. The van der Waals surface area contributed by atoms with Crippen molar-refractivity contribution in [2.45, 2.75) is 46.1 Å². The van der Waals surface area contributed by atoms with Gasteiger partial charge >= 0.3 is 5.97 Å². The van der Waals surface area contributed by atoms with E-state index in [1.54, 1.807) is 0 Å². The fourth-order valence-electron chi connectivity index (χ4n) is 2.28. The van der Waals surface area contributed by atoms with Gasteiger partial charge in [0, 0.05) is 13.1 Å². The van der Waals surface area contributed by atoms with Crippen molar-refractivity contribution < 1.29 is 14.6 Å². The van der Waals surface area contributed by atoms with E-state index in [1.165, 1.54) is 11.1 Å². The lowest BCUT2D eigenvalue weighted by Crippen LogP contribution is -2.32. The van der Waals surface area contributed by atoms with Crippen LogP contribution in [0.4, 0.5) is 0 Å². The molecule has 1 aromatic carbocycles. The number of esters is 1. The second kappa shape index (κ2) is 5.31. The summed E-state index contributed by atoms with van der Waals surface area (Å²) in [4.78, 5) is 13.8. The Morgan fingerprint density at radius 1 is 1.32 bits per heavy atom. The molecule has 4 heteroatoms. The molecule has 0 fully saturated rings. The average Bonchev–Trinajstić information content (AvgIpc) is 2.66. The average molecular weight is 263 g/mol. The molecule has 2 rings (SSSR count). The van der Waals surface area contributed by atoms with E-state index in [9.17, 15) is 4.79 Å². The van der Waals surface area contributed by atoms with Crippen LogP contribution in [0.15, 0.2) is 18.2 Å². The van der Waals surface area contributed by atoms with E-state index in [0.29, 0.717) is 6.54 Å². The number of aliphatic hydroxyl groups excluding tert-OH is 1. The van der Waals surface area contributed by atoms with Crippen molar-refractivity contribution in [3.8, 4) is 0 Å². The number of fused-ring (bicyclic) bond motifs is 1. The van der Waals surface area contributed by atoms with E-state index in [-0.39, 0.29) is 12.6 Å². The lowest BCUT2D eigenvalue weighted by Gasteiger charge is -2.22. The number of benzene rings is 1. The number of hydrogen-bond acceptors (Lipinski definition) is 4. The molecule has 0 atom stereocenters. The highest BCUT2D eigenvalue weighted by molar-refractivity contribution is 5.72. The van der Waals surface area contributed by atoms with Crippen LogP contribution < -0.4 is 0 Å². The quantitative estimate of drug-likeness (QED) is 0.845. The van der Waals surface area contributed by atoms with E-state index in [4.69, 9.17) is 9.84 Å². The number of carbonyl (C=O) groups excluding carboxylic acids is 1. The molecule has 0 amide bonds. The van der Waals surface area contributed by atoms with Gasteiger partial charge in [0.15, 0.2) is 0 Å². The van der Waals surface area contributed by atoms with Crippen LogP contribution in [0.2, 0.25) is 0 Å². The number of ether oxygens (including phenoxy) is 1. The molecule has 0 saturated heterocycles. The zero-order valence-corrected chi connectivity index (χ0v) is 11.8. The van der Waals surface area contributed by atoms with Gasteiger partial charge in [-0.1, -0.05) is 18.2 Å². The number of carbonyl (C=O) groups is 1. The molecule has 4 nitrogen and oxygen atoms in total. The molecule has 0 aliphatic carbocycles. The minimum Gasteiger partial charge on any atom is -0.459 e. The van der Waals surface area contributed by atoms with E-state index in [1.807, 2.05) is 39.0 Å². The predicted octanol–water partition coefficient (Wildman–Crippen LogP) is 1.84. The van der Waals surface area contributed by atoms with Crippen molar-refractivity contribution >= 4 is 5.97 Å². The molecule has 1 aromatic rings. The smallest absolute Gasteiger partial charge is 0.320 e. The molecule has 19 heavy (non-hydrogen) atoms. The summed E-state index contributed by atoms with van der Waals surface area (Å²) in [5.41, 5.74) is 2.89. The van der Waals surface area contributed by atoms with Crippen LogP contribution in [-0.2, 0) is 29.2 Å². The maximum absolute atomic E-state index is 11.8. The minimum absolute atomic E-state index is 0.0549. The number of nitrogens with zero attached hydrogens (tertiary/aromatic N) is 1. The standard InChI is InChI=1S/C15H21NO3/c1-15(2,3)19-14(18)9-16-7-12-5-4-11(10-17)6-13(12)8-16/h4-6,17H,7-10H2,1-3H3. The first-order valence-corrected chi connectivity index (χ1v) is 6.53. The normalized spacial score (nSPS) is 15.4. The fourth-order valence-corrected chi connectivity index (χ4v) is 2.28. The number of hydrogen-bond donors (Lipinski definition) is 1. The first kappa shape index (κ1) is 14.0. The molecular formula is C15H21NO3. The SMILES string of the molecule is CC(C)(C)OC(=O)CN1Cc2ccc(CO)cc2C1. The summed E-state index contributed by atoms with van der Waals surface area (Å²) in [6.45, 7) is 7.48. The van der Waals surface area contributed by atoms with Crippen LogP contribution in [0.5, 0.6) is 0 Å². The third-order valence-corrected chi connectivity index (χ3v) is 3.01. The Morgan fingerprint density at radius 2 is 2.00 bits per heavy atom. The van der Waals surface area contributed by atoms with Crippen molar-refractivity contribution in [1.82, 2.24) is 4.90 Å². The Balaban J connectivity index is 1.95. The zero-order valence-electron chi connectivity index (χ0n) is 11.8. The third kappa shape index (κ3) is 3.78. The molecular weight excluding hydrogens is 242 g/mol. The Kier molecular flexibility index (Phi) is 3.92. The van der Waals surface area contributed by atoms with Crippen LogP contribution in [0.1, 0.15) is 37.5 Å². The summed E-state index contributed by atoms with van der Waals surface area (Å²) < 4.78 is 5.32. The molecule has 1 aliphatic rings. The first-order valence-electron chi connectivity index (χ1n) is 6.53. The number of rotatable bonds is 3. The minimum atomic E-state index is -0.437. The van der Waals surface area contributed by atoms with Gasteiger partial charge in [0.05, 0.1) is 13.2 Å². The van der Waals surface area contributed by atoms with Crippen LogP contribution in [0, 0.1) is 0 Å². The largest absolute Gasteiger partial charge is 0.459 e. The van der Waals surface area contributed by atoms with Crippen molar-refractivity contribution in [1.29, 1.82) is 0 Å². The lowest BCUT2D eigenvalue weighted by atomic mass is 10.1. The van der Waals surface area contributed by atoms with E-state index in [0.717, 1.165) is 18.7 Å². The molecule has 1 N–H and O–H groups in total. The van der Waals surface area contributed by atoms with E-state index < -0.39 is 5.60 Å². The molecule has 0 saturated carbocycles. The Hall–Kier alpha value is -1.39.